The van der Waals surface area contributed by atoms with E-state index in [9.17, 15) is 19.8 Å². The number of hydrogen-bond donors (Lipinski definition) is 2. The van der Waals surface area contributed by atoms with Gasteiger partial charge in [0.15, 0.2) is 0 Å². The van der Waals surface area contributed by atoms with Gasteiger partial charge in [-0.25, -0.2) is 9.59 Å². The number of rotatable bonds is 4. The number of ether oxygens (including phenoxy) is 1. The summed E-state index contributed by atoms with van der Waals surface area (Å²) < 4.78 is 5.56. The third kappa shape index (κ3) is 2.83. The molecular formula is C18H16O5. The number of carboxylic acids is 2. The highest BCUT2D eigenvalue weighted by molar-refractivity contribution is 5.90. The molecule has 1 aliphatic heterocycles. The summed E-state index contributed by atoms with van der Waals surface area (Å²) in [6.07, 6.45) is 0. The van der Waals surface area contributed by atoms with Gasteiger partial charge in [0.05, 0.1) is 24.3 Å². The molecule has 3 rings (SSSR count). The summed E-state index contributed by atoms with van der Waals surface area (Å²) in [6.45, 7) is 0.756. The molecule has 0 bridgehead atoms. The van der Waals surface area contributed by atoms with Crippen LogP contribution in [0.2, 0.25) is 0 Å². The first-order valence-corrected chi connectivity index (χ1v) is 7.31. The number of hydrogen-bond acceptors (Lipinski definition) is 3. The van der Waals surface area contributed by atoms with Crippen LogP contribution in [0.4, 0.5) is 0 Å². The van der Waals surface area contributed by atoms with Gasteiger partial charge in [-0.1, -0.05) is 36.4 Å². The quantitative estimate of drug-likeness (QED) is 0.906. The summed E-state index contributed by atoms with van der Waals surface area (Å²) in [6, 6.07) is 13.6. The van der Waals surface area contributed by atoms with Crippen molar-refractivity contribution in [3.05, 3.63) is 70.8 Å². The molecular weight excluding hydrogens is 296 g/mol. The van der Waals surface area contributed by atoms with Crippen molar-refractivity contribution in [3.63, 3.8) is 0 Å². The molecule has 5 heteroatoms. The van der Waals surface area contributed by atoms with Crippen molar-refractivity contribution in [1.29, 1.82) is 0 Å². The van der Waals surface area contributed by atoms with Crippen LogP contribution in [0.5, 0.6) is 0 Å². The van der Waals surface area contributed by atoms with Gasteiger partial charge in [0.25, 0.3) is 0 Å². The molecule has 0 saturated carbocycles. The van der Waals surface area contributed by atoms with Crippen LogP contribution >= 0.6 is 0 Å². The zero-order valence-electron chi connectivity index (χ0n) is 12.3. The molecule has 1 heterocycles. The predicted octanol–water partition coefficient (Wildman–Crippen LogP) is 2.98. The highest BCUT2D eigenvalue weighted by atomic mass is 16.5. The fraction of sp³-hybridized carbons (Fsp3) is 0.222. The lowest BCUT2D eigenvalue weighted by Crippen LogP contribution is -2.16. The molecule has 118 valence electrons. The summed E-state index contributed by atoms with van der Waals surface area (Å²) in [4.78, 5) is 22.9. The third-order valence-corrected chi connectivity index (χ3v) is 4.26. The number of carboxylic acid groups (broad SMARTS) is 2. The first-order chi connectivity index (χ1) is 11.1. The van der Waals surface area contributed by atoms with Crippen LogP contribution in [0.25, 0.3) is 0 Å². The molecule has 5 nitrogen and oxygen atoms in total. The molecule has 1 saturated heterocycles. The SMILES string of the molecule is O=C(O)c1ccccc1C1COCC1c1ccccc1C(=O)O. The van der Waals surface area contributed by atoms with Crippen molar-refractivity contribution in [2.45, 2.75) is 11.8 Å². The van der Waals surface area contributed by atoms with Gasteiger partial charge in [-0.05, 0) is 23.3 Å². The molecule has 2 N–H and O–H groups in total. The first kappa shape index (κ1) is 15.2. The van der Waals surface area contributed by atoms with E-state index in [1.165, 1.54) is 0 Å². The first-order valence-electron chi connectivity index (χ1n) is 7.31. The Labute approximate surface area is 133 Å². The zero-order valence-corrected chi connectivity index (χ0v) is 12.3. The lowest BCUT2D eigenvalue weighted by molar-refractivity contribution is 0.0683. The van der Waals surface area contributed by atoms with E-state index in [0.717, 1.165) is 0 Å². The van der Waals surface area contributed by atoms with E-state index in [1.54, 1.807) is 48.5 Å². The van der Waals surface area contributed by atoms with Gasteiger partial charge in [-0.3, -0.25) is 0 Å². The molecule has 0 amide bonds. The molecule has 2 aromatic carbocycles. The highest BCUT2D eigenvalue weighted by Crippen LogP contribution is 2.40. The van der Waals surface area contributed by atoms with E-state index in [2.05, 4.69) is 0 Å². The predicted molar refractivity (Wildman–Crippen MR) is 83.1 cm³/mol. The minimum atomic E-state index is -0.988. The molecule has 2 unspecified atom stereocenters. The molecule has 0 spiro atoms. The molecule has 0 aromatic heterocycles. The molecule has 2 atom stereocenters. The lowest BCUT2D eigenvalue weighted by Gasteiger charge is -2.21. The minimum absolute atomic E-state index is 0.178. The topological polar surface area (TPSA) is 83.8 Å². The highest BCUT2D eigenvalue weighted by Gasteiger charge is 2.35. The molecule has 0 radical (unpaired) electrons. The van der Waals surface area contributed by atoms with Crippen molar-refractivity contribution in [1.82, 2.24) is 0 Å². The van der Waals surface area contributed by atoms with Gasteiger partial charge < -0.3 is 14.9 Å². The Morgan fingerprint density at radius 3 is 1.57 bits per heavy atom. The fourth-order valence-corrected chi connectivity index (χ4v) is 3.20. The Bertz CT molecular complexity index is 689. The van der Waals surface area contributed by atoms with E-state index in [4.69, 9.17) is 4.74 Å². The van der Waals surface area contributed by atoms with Crippen LogP contribution in [0.1, 0.15) is 43.7 Å². The summed E-state index contributed by atoms with van der Waals surface area (Å²) >= 11 is 0. The van der Waals surface area contributed by atoms with Crippen LogP contribution in [-0.4, -0.2) is 35.4 Å². The van der Waals surface area contributed by atoms with Gasteiger partial charge in [0, 0.05) is 11.8 Å². The second-order valence-electron chi connectivity index (χ2n) is 5.54. The standard InChI is InChI=1S/C18H16O5/c19-17(20)13-7-3-1-5-11(13)15-9-23-10-16(15)12-6-2-4-8-14(12)18(21)22/h1-8,15-16H,9-10H2,(H,19,20)(H,21,22). The Morgan fingerprint density at radius 2 is 1.17 bits per heavy atom. The van der Waals surface area contributed by atoms with E-state index in [0.29, 0.717) is 24.3 Å². The monoisotopic (exact) mass is 312 g/mol. The van der Waals surface area contributed by atoms with Crippen LogP contribution in [0.15, 0.2) is 48.5 Å². The molecule has 2 aromatic rings. The van der Waals surface area contributed by atoms with Crippen molar-refractivity contribution in [3.8, 4) is 0 Å². The second-order valence-corrected chi connectivity index (χ2v) is 5.54. The largest absolute Gasteiger partial charge is 0.478 e. The van der Waals surface area contributed by atoms with Crippen LogP contribution in [-0.2, 0) is 4.74 Å². The van der Waals surface area contributed by atoms with Crippen molar-refractivity contribution in [2.24, 2.45) is 0 Å². The average Bonchev–Trinajstić information content (AvgIpc) is 3.04. The molecule has 0 aliphatic carbocycles. The van der Waals surface area contributed by atoms with Gasteiger partial charge in [-0.2, -0.15) is 0 Å². The summed E-state index contributed by atoms with van der Waals surface area (Å²) in [7, 11) is 0. The number of carbonyl (C=O) groups is 2. The van der Waals surface area contributed by atoms with Crippen LogP contribution in [0, 0.1) is 0 Å². The van der Waals surface area contributed by atoms with Gasteiger partial charge >= 0.3 is 11.9 Å². The van der Waals surface area contributed by atoms with Crippen LogP contribution in [0.3, 0.4) is 0 Å². The Morgan fingerprint density at radius 1 is 0.783 bits per heavy atom. The van der Waals surface area contributed by atoms with Gasteiger partial charge in [-0.15, -0.1) is 0 Å². The summed E-state index contributed by atoms with van der Waals surface area (Å²) in [5, 5.41) is 18.8. The zero-order chi connectivity index (χ0) is 16.4. The summed E-state index contributed by atoms with van der Waals surface area (Å²) in [5.41, 5.74) is 1.84. The van der Waals surface area contributed by atoms with Crippen LogP contribution < -0.4 is 0 Å². The number of benzene rings is 2. The Hall–Kier alpha value is -2.66. The number of aromatic carboxylic acids is 2. The normalized spacial score (nSPS) is 20.3. The minimum Gasteiger partial charge on any atom is -0.478 e. The maximum atomic E-state index is 11.5. The van der Waals surface area contributed by atoms with E-state index >= 15 is 0 Å². The Balaban J connectivity index is 2.06. The lowest BCUT2D eigenvalue weighted by atomic mass is 9.80. The smallest absolute Gasteiger partial charge is 0.335 e. The van der Waals surface area contributed by atoms with Crippen molar-refractivity contribution in [2.75, 3.05) is 13.2 Å². The Kier molecular flexibility index (Phi) is 4.12. The maximum Gasteiger partial charge on any atom is 0.335 e. The van der Waals surface area contributed by atoms with E-state index in [-0.39, 0.29) is 23.0 Å². The second kappa shape index (κ2) is 6.22. The molecule has 1 aliphatic rings. The maximum absolute atomic E-state index is 11.5. The van der Waals surface area contributed by atoms with E-state index < -0.39 is 11.9 Å². The molecule has 23 heavy (non-hydrogen) atoms. The average molecular weight is 312 g/mol. The van der Waals surface area contributed by atoms with Gasteiger partial charge in [0.1, 0.15) is 0 Å². The summed E-state index contributed by atoms with van der Waals surface area (Å²) in [5.74, 6) is -2.33. The molecule has 1 fully saturated rings. The van der Waals surface area contributed by atoms with E-state index in [1.807, 2.05) is 0 Å². The van der Waals surface area contributed by atoms with Crippen molar-refractivity contribution < 1.29 is 24.5 Å². The van der Waals surface area contributed by atoms with Gasteiger partial charge in [0.2, 0.25) is 0 Å². The fourth-order valence-electron chi connectivity index (χ4n) is 3.20. The third-order valence-electron chi connectivity index (χ3n) is 4.26. The van der Waals surface area contributed by atoms with Crippen molar-refractivity contribution >= 4 is 11.9 Å².